The molecule has 6 nitrogen and oxygen atoms in total. The first-order chi connectivity index (χ1) is 9.02. The van der Waals surface area contributed by atoms with Crippen LogP contribution in [0.5, 0.6) is 5.75 Å². The number of aliphatic carboxylic acids is 1. The highest BCUT2D eigenvalue weighted by molar-refractivity contribution is 5.84. The molecule has 1 amide bonds. The van der Waals surface area contributed by atoms with E-state index in [1.54, 1.807) is 11.0 Å². The highest BCUT2D eigenvalue weighted by atomic mass is 16.5. The van der Waals surface area contributed by atoms with E-state index in [-0.39, 0.29) is 19.0 Å². The van der Waals surface area contributed by atoms with Crippen molar-refractivity contribution in [2.45, 2.75) is 13.0 Å². The number of hydrogen-bond donors (Lipinski definition) is 2. The van der Waals surface area contributed by atoms with Gasteiger partial charge in [0.05, 0.1) is 12.2 Å². The Balaban J connectivity index is 2.37. The van der Waals surface area contributed by atoms with E-state index < -0.39 is 12.1 Å². The number of carbonyl (C=O) groups is 2. The lowest BCUT2D eigenvalue weighted by Crippen LogP contribution is -2.49. The number of nitrogens with zero attached hydrogens (tertiary/aromatic N) is 1. The molecule has 0 radical (unpaired) electrons. The molecule has 0 spiro atoms. The first-order valence-corrected chi connectivity index (χ1v) is 5.97. The summed E-state index contributed by atoms with van der Waals surface area (Å²) in [6.07, 6.45) is -0.696. The molecule has 1 atom stereocenters. The number of nitrogens with one attached hydrogen (secondary N) is 1. The lowest BCUT2D eigenvalue weighted by molar-refractivity contribution is -0.136. The molecule has 19 heavy (non-hydrogen) atoms. The van der Waals surface area contributed by atoms with E-state index in [2.05, 4.69) is 5.32 Å². The number of amides is 1. The summed E-state index contributed by atoms with van der Waals surface area (Å²) in [5.41, 5.74) is 1.67. The third-order valence-corrected chi connectivity index (χ3v) is 3.04. The zero-order valence-corrected chi connectivity index (χ0v) is 10.8. The number of benzene rings is 1. The van der Waals surface area contributed by atoms with Gasteiger partial charge < -0.3 is 20.1 Å². The standard InChI is InChI=1S/C13H16N2O4/c1-8-4-3-5-9-12(8)15(7-11(16)17)6-10(19-9)13(18)14-2/h3-5,10H,6-7H2,1-2H3,(H,14,18)(H,16,17). The average molecular weight is 264 g/mol. The molecule has 0 saturated carbocycles. The summed E-state index contributed by atoms with van der Waals surface area (Å²) in [6, 6.07) is 5.45. The molecule has 0 fully saturated rings. The third-order valence-electron chi connectivity index (χ3n) is 3.04. The SMILES string of the molecule is CNC(=O)C1CN(CC(=O)O)c2c(C)cccc2O1. The maximum Gasteiger partial charge on any atom is 0.323 e. The number of fused-ring (bicyclic) bond motifs is 1. The maximum atomic E-state index is 11.7. The van der Waals surface area contributed by atoms with Gasteiger partial charge in [-0.1, -0.05) is 12.1 Å². The zero-order chi connectivity index (χ0) is 14.0. The Morgan fingerprint density at radius 1 is 1.53 bits per heavy atom. The fraction of sp³-hybridized carbons (Fsp3) is 0.385. The molecule has 1 heterocycles. The molecule has 1 unspecified atom stereocenters. The molecule has 6 heteroatoms. The molecular formula is C13H16N2O4. The van der Waals surface area contributed by atoms with Gasteiger partial charge >= 0.3 is 5.97 Å². The first kappa shape index (κ1) is 13.2. The lowest BCUT2D eigenvalue weighted by atomic mass is 10.1. The normalized spacial score (nSPS) is 17.4. The van der Waals surface area contributed by atoms with Crippen LogP contribution in [0.2, 0.25) is 0 Å². The topological polar surface area (TPSA) is 78.9 Å². The maximum absolute atomic E-state index is 11.7. The van der Waals surface area contributed by atoms with Gasteiger partial charge in [0.2, 0.25) is 0 Å². The molecule has 0 aliphatic carbocycles. The summed E-state index contributed by atoms with van der Waals surface area (Å²) in [6.45, 7) is 1.95. The average Bonchev–Trinajstić information content (AvgIpc) is 2.36. The molecule has 2 rings (SSSR count). The molecule has 2 N–H and O–H groups in total. The summed E-state index contributed by atoms with van der Waals surface area (Å²) in [5.74, 6) is -0.657. The third kappa shape index (κ3) is 2.62. The van der Waals surface area contributed by atoms with Crippen molar-refractivity contribution in [3.8, 4) is 5.75 Å². The number of para-hydroxylation sites is 1. The predicted octanol–water partition coefficient (Wildman–Crippen LogP) is 0.393. The fourth-order valence-electron chi connectivity index (χ4n) is 2.22. The van der Waals surface area contributed by atoms with Crippen LogP contribution in [-0.4, -0.2) is 43.2 Å². The van der Waals surface area contributed by atoms with E-state index >= 15 is 0 Å². The Hall–Kier alpha value is -2.24. The Kier molecular flexibility index (Phi) is 3.59. The lowest BCUT2D eigenvalue weighted by Gasteiger charge is -2.35. The van der Waals surface area contributed by atoms with Gasteiger partial charge in [-0.3, -0.25) is 9.59 Å². The fourth-order valence-corrected chi connectivity index (χ4v) is 2.22. The number of ether oxygens (including phenoxy) is 1. The molecule has 1 aliphatic heterocycles. The Bertz CT molecular complexity index is 515. The van der Waals surface area contributed by atoms with Gasteiger partial charge in [-0.2, -0.15) is 0 Å². The van der Waals surface area contributed by atoms with Crippen molar-refractivity contribution >= 4 is 17.6 Å². The quantitative estimate of drug-likeness (QED) is 0.826. The van der Waals surface area contributed by atoms with Gasteiger partial charge in [0, 0.05) is 7.05 Å². The monoisotopic (exact) mass is 264 g/mol. The van der Waals surface area contributed by atoms with Crippen molar-refractivity contribution in [3.63, 3.8) is 0 Å². The van der Waals surface area contributed by atoms with Crippen molar-refractivity contribution < 1.29 is 19.4 Å². The minimum Gasteiger partial charge on any atom is -0.480 e. The summed E-state index contributed by atoms with van der Waals surface area (Å²) in [7, 11) is 1.53. The van der Waals surface area contributed by atoms with Crippen LogP contribution in [0.15, 0.2) is 18.2 Å². The predicted molar refractivity (Wildman–Crippen MR) is 69.5 cm³/mol. The largest absolute Gasteiger partial charge is 0.480 e. The van der Waals surface area contributed by atoms with E-state index in [0.717, 1.165) is 11.3 Å². The van der Waals surface area contributed by atoms with Gasteiger partial charge in [0.1, 0.15) is 12.3 Å². The van der Waals surface area contributed by atoms with E-state index in [1.165, 1.54) is 7.05 Å². The molecule has 1 aromatic rings. The number of carboxylic acid groups (broad SMARTS) is 1. The number of carbonyl (C=O) groups excluding carboxylic acids is 1. The molecule has 0 aromatic heterocycles. The highest BCUT2D eigenvalue weighted by Crippen LogP contribution is 2.36. The Labute approximate surface area is 111 Å². The zero-order valence-electron chi connectivity index (χ0n) is 10.8. The van der Waals surface area contributed by atoms with Crippen molar-refractivity contribution in [1.29, 1.82) is 0 Å². The number of rotatable bonds is 3. The van der Waals surface area contributed by atoms with E-state index in [0.29, 0.717) is 5.75 Å². The number of likely N-dealkylation sites (N-methyl/N-ethyl adjacent to an activating group) is 1. The highest BCUT2D eigenvalue weighted by Gasteiger charge is 2.31. The van der Waals surface area contributed by atoms with E-state index in [1.807, 2.05) is 19.1 Å². The van der Waals surface area contributed by atoms with Crippen molar-refractivity contribution in [3.05, 3.63) is 23.8 Å². The van der Waals surface area contributed by atoms with Gasteiger partial charge in [0.25, 0.3) is 5.91 Å². The van der Waals surface area contributed by atoms with E-state index in [9.17, 15) is 9.59 Å². The molecule has 1 aromatic carbocycles. The minimum absolute atomic E-state index is 0.158. The van der Waals surface area contributed by atoms with E-state index in [4.69, 9.17) is 9.84 Å². The number of aryl methyl sites for hydroxylation is 1. The van der Waals surface area contributed by atoms with Crippen molar-refractivity contribution in [2.24, 2.45) is 0 Å². The van der Waals surface area contributed by atoms with Crippen LogP contribution < -0.4 is 15.0 Å². The van der Waals surface area contributed by atoms with Crippen LogP contribution in [0.25, 0.3) is 0 Å². The van der Waals surface area contributed by atoms with Crippen LogP contribution in [0, 0.1) is 6.92 Å². The van der Waals surface area contributed by atoms with Gasteiger partial charge in [-0.05, 0) is 18.6 Å². The molecule has 0 saturated heterocycles. The van der Waals surface area contributed by atoms with Gasteiger partial charge in [0.15, 0.2) is 6.10 Å². The van der Waals surface area contributed by atoms with Crippen LogP contribution >= 0.6 is 0 Å². The van der Waals surface area contributed by atoms with Crippen LogP contribution in [0.1, 0.15) is 5.56 Å². The summed E-state index contributed by atoms with van der Waals surface area (Å²) in [4.78, 5) is 24.3. The number of anilines is 1. The van der Waals surface area contributed by atoms with Crippen molar-refractivity contribution in [2.75, 3.05) is 25.0 Å². The Morgan fingerprint density at radius 2 is 2.26 bits per heavy atom. The second-order valence-electron chi connectivity index (χ2n) is 4.42. The molecule has 102 valence electrons. The van der Waals surface area contributed by atoms with Crippen molar-refractivity contribution in [1.82, 2.24) is 5.32 Å². The summed E-state index contributed by atoms with van der Waals surface area (Å²) < 4.78 is 5.63. The Morgan fingerprint density at radius 3 is 2.89 bits per heavy atom. The number of hydrogen-bond acceptors (Lipinski definition) is 4. The second kappa shape index (κ2) is 5.17. The van der Waals surface area contributed by atoms with Crippen LogP contribution in [0.4, 0.5) is 5.69 Å². The van der Waals surface area contributed by atoms with Crippen LogP contribution in [0.3, 0.4) is 0 Å². The molecular weight excluding hydrogens is 248 g/mol. The first-order valence-electron chi connectivity index (χ1n) is 5.97. The molecule has 0 bridgehead atoms. The summed E-state index contributed by atoms with van der Waals surface area (Å²) in [5, 5.41) is 11.5. The second-order valence-corrected chi connectivity index (χ2v) is 4.42. The van der Waals surface area contributed by atoms with Gasteiger partial charge in [-0.25, -0.2) is 0 Å². The van der Waals surface area contributed by atoms with Gasteiger partial charge in [-0.15, -0.1) is 0 Å². The minimum atomic E-state index is -0.938. The summed E-state index contributed by atoms with van der Waals surface area (Å²) >= 11 is 0. The van der Waals surface area contributed by atoms with Crippen LogP contribution in [-0.2, 0) is 9.59 Å². The smallest absolute Gasteiger partial charge is 0.323 e. The molecule has 1 aliphatic rings. The number of carboxylic acids is 1.